The van der Waals surface area contributed by atoms with Crippen LogP contribution in [0.15, 0.2) is 18.2 Å². The van der Waals surface area contributed by atoms with Crippen molar-refractivity contribution in [3.63, 3.8) is 0 Å². The zero-order valence-corrected chi connectivity index (χ0v) is 11.3. The zero-order valence-electron chi connectivity index (χ0n) is 10.6. The van der Waals surface area contributed by atoms with E-state index in [1.165, 1.54) is 0 Å². The van der Waals surface area contributed by atoms with Gasteiger partial charge in [-0.1, -0.05) is 24.6 Å². The molecule has 1 aromatic rings. The third-order valence-corrected chi connectivity index (χ3v) is 3.20. The number of halogens is 1. The molecule has 1 aromatic carbocycles. The zero-order chi connectivity index (χ0) is 13.7. The predicted octanol–water partition coefficient (Wildman–Crippen LogP) is 2.73. The van der Waals surface area contributed by atoms with Crippen molar-refractivity contribution in [2.24, 2.45) is 0 Å². The number of carbonyl (C=O) groups is 1. The number of phenols is 1. The fraction of sp³-hybridized carbons (Fsp3) is 0.462. The van der Waals surface area contributed by atoms with E-state index in [4.69, 9.17) is 16.7 Å². The number of aromatic hydroxyl groups is 1. The molecule has 1 unspecified atom stereocenters. The highest BCUT2D eigenvalue weighted by Gasteiger charge is 2.16. The van der Waals surface area contributed by atoms with Crippen molar-refractivity contribution in [2.45, 2.75) is 32.9 Å². The molecule has 0 heterocycles. The summed E-state index contributed by atoms with van der Waals surface area (Å²) in [4.78, 5) is 12.8. The van der Waals surface area contributed by atoms with E-state index in [2.05, 4.69) is 4.90 Å². The van der Waals surface area contributed by atoms with Crippen LogP contribution in [0.1, 0.15) is 25.8 Å². The van der Waals surface area contributed by atoms with Crippen LogP contribution in [0.2, 0.25) is 5.02 Å². The molecule has 2 N–H and O–H groups in total. The number of aliphatic carboxylic acids is 1. The molecule has 1 rings (SSSR count). The minimum absolute atomic E-state index is 0.0416. The van der Waals surface area contributed by atoms with E-state index in [1.54, 1.807) is 18.2 Å². The number of carboxylic acid groups (broad SMARTS) is 1. The van der Waals surface area contributed by atoms with Crippen molar-refractivity contribution in [1.82, 2.24) is 4.90 Å². The normalized spacial score (nSPS) is 12.7. The molecular weight excluding hydrogens is 254 g/mol. The number of benzene rings is 1. The van der Waals surface area contributed by atoms with Crippen molar-refractivity contribution >= 4 is 17.6 Å². The molecule has 0 amide bonds. The Labute approximate surface area is 112 Å². The lowest BCUT2D eigenvalue weighted by molar-refractivity contribution is -0.138. The Morgan fingerprint density at radius 1 is 1.50 bits per heavy atom. The molecule has 0 aliphatic carbocycles. The molecule has 0 spiro atoms. The maximum Gasteiger partial charge on any atom is 0.304 e. The summed E-state index contributed by atoms with van der Waals surface area (Å²) >= 11 is 5.84. The molecule has 0 saturated heterocycles. The van der Waals surface area contributed by atoms with E-state index in [0.717, 1.165) is 12.1 Å². The number of nitrogens with zero attached hydrogens (tertiary/aromatic N) is 1. The molecule has 0 bridgehead atoms. The Morgan fingerprint density at radius 2 is 2.17 bits per heavy atom. The van der Waals surface area contributed by atoms with Gasteiger partial charge in [0.15, 0.2) is 0 Å². The second-order valence-corrected chi connectivity index (χ2v) is 4.70. The van der Waals surface area contributed by atoms with Crippen molar-refractivity contribution in [3.8, 4) is 5.75 Å². The largest absolute Gasteiger partial charge is 0.506 e. The summed E-state index contributed by atoms with van der Waals surface area (Å²) in [5.74, 6) is -0.744. The fourth-order valence-corrected chi connectivity index (χ4v) is 2.05. The minimum Gasteiger partial charge on any atom is -0.506 e. The first-order valence-electron chi connectivity index (χ1n) is 5.87. The van der Waals surface area contributed by atoms with Gasteiger partial charge >= 0.3 is 5.97 Å². The van der Waals surface area contributed by atoms with Gasteiger partial charge in [-0.2, -0.15) is 0 Å². The van der Waals surface area contributed by atoms with Crippen LogP contribution < -0.4 is 0 Å². The Morgan fingerprint density at radius 3 is 2.67 bits per heavy atom. The summed E-state index contributed by atoms with van der Waals surface area (Å²) in [7, 11) is 0. The Hall–Kier alpha value is -1.26. The summed E-state index contributed by atoms with van der Waals surface area (Å²) in [5.41, 5.74) is 0.955. The third kappa shape index (κ3) is 4.20. The number of carboxylic acids is 1. The molecule has 4 nitrogen and oxygen atoms in total. The standard InChI is InChI=1S/C13H18ClNO3/c1-3-15(9(2)6-13(17)18)8-10-4-5-12(16)11(14)7-10/h4-5,7,9,16H,3,6,8H2,1-2H3,(H,17,18). The molecule has 5 heteroatoms. The van der Waals surface area contributed by atoms with E-state index in [1.807, 2.05) is 13.8 Å². The quantitative estimate of drug-likeness (QED) is 0.835. The number of hydrogen-bond donors (Lipinski definition) is 2. The van der Waals surface area contributed by atoms with Gasteiger partial charge in [-0.25, -0.2) is 0 Å². The minimum atomic E-state index is -0.801. The molecule has 1 atom stereocenters. The van der Waals surface area contributed by atoms with Crippen LogP contribution in [0.4, 0.5) is 0 Å². The average molecular weight is 272 g/mol. The second kappa shape index (κ2) is 6.61. The highest BCUT2D eigenvalue weighted by molar-refractivity contribution is 6.32. The molecule has 100 valence electrons. The topological polar surface area (TPSA) is 60.8 Å². The molecule has 0 aliphatic rings. The SMILES string of the molecule is CCN(Cc1ccc(O)c(Cl)c1)C(C)CC(=O)O. The summed E-state index contributed by atoms with van der Waals surface area (Å²) < 4.78 is 0. The number of phenolic OH excluding ortho intramolecular Hbond substituents is 1. The van der Waals surface area contributed by atoms with Gasteiger partial charge in [0, 0.05) is 12.6 Å². The Kier molecular flexibility index (Phi) is 5.44. The van der Waals surface area contributed by atoms with Crippen molar-refractivity contribution in [2.75, 3.05) is 6.54 Å². The molecular formula is C13H18ClNO3. The van der Waals surface area contributed by atoms with Crippen molar-refractivity contribution < 1.29 is 15.0 Å². The van der Waals surface area contributed by atoms with Crippen molar-refractivity contribution in [3.05, 3.63) is 28.8 Å². The highest BCUT2D eigenvalue weighted by Crippen LogP contribution is 2.24. The van der Waals surface area contributed by atoms with Gasteiger partial charge in [-0.15, -0.1) is 0 Å². The van der Waals surface area contributed by atoms with Crippen LogP contribution in [0.5, 0.6) is 5.75 Å². The highest BCUT2D eigenvalue weighted by atomic mass is 35.5. The van der Waals surface area contributed by atoms with Gasteiger partial charge in [-0.3, -0.25) is 9.69 Å². The van der Waals surface area contributed by atoms with E-state index in [0.29, 0.717) is 11.6 Å². The van der Waals surface area contributed by atoms with E-state index >= 15 is 0 Å². The summed E-state index contributed by atoms with van der Waals surface area (Å²) in [6, 6.07) is 5.00. The van der Waals surface area contributed by atoms with Gasteiger partial charge in [0.2, 0.25) is 0 Å². The lowest BCUT2D eigenvalue weighted by Crippen LogP contribution is -2.34. The first-order chi connectivity index (χ1) is 8.43. The van der Waals surface area contributed by atoms with Crippen LogP contribution in [0.3, 0.4) is 0 Å². The van der Waals surface area contributed by atoms with Crippen LogP contribution >= 0.6 is 11.6 Å². The lowest BCUT2D eigenvalue weighted by Gasteiger charge is -2.26. The van der Waals surface area contributed by atoms with Gasteiger partial charge in [0.05, 0.1) is 11.4 Å². The smallest absolute Gasteiger partial charge is 0.304 e. The van der Waals surface area contributed by atoms with Gasteiger partial charge < -0.3 is 10.2 Å². The number of hydrogen-bond acceptors (Lipinski definition) is 3. The summed E-state index contributed by atoms with van der Waals surface area (Å²) in [6.07, 6.45) is 0.111. The van der Waals surface area contributed by atoms with Crippen LogP contribution in [0, 0.1) is 0 Å². The summed E-state index contributed by atoms with van der Waals surface area (Å²) in [5, 5.41) is 18.4. The molecule has 0 fully saturated rings. The molecule has 18 heavy (non-hydrogen) atoms. The lowest BCUT2D eigenvalue weighted by atomic mass is 10.1. The first kappa shape index (κ1) is 14.8. The molecule has 0 radical (unpaired) electrons. The van der Waals surface area contributed by atoms with Crippen molar-refractivity contribution in [1.29, 1.82) is 0 Å². The maximum absolute atomic E-state index is 10.7. The van der Waals surface area contributed by atoms with Gasteiger partial charge in [0.25, 0.3) is 0 Å². The number of rotatable bonds is 6. The van der Waals surface area contributed by atoms with Crippen LogP contribution in [0.25, 0.3) is 0 Å². The van der Waals surface area contributed by atoms with E-state index < -0.39 is 5.97 Å². The maximum atomic E-state index is 10.7. The summed E-state index contributed by atoms with van der Waals surface area (Å²) in [6.45, 7) is 5.25. The Bertz CT molecular complexity index is 423. The monoisotopic (exact) mass is 271 g/mol. The van der Waals surface area contributed by atoms with Crippen LogP contribution in [-0.4, -0.2) is 33.7 Å². The van der Waals surface area contributed by atoms with E-state index in [9.17, 15) is 9.90 Å². The first-order valence-corrected chi connectivity index (χ1v) is 6.25. The Balaban J connectivity index is 2.72. The third-order valence-electron chi connectivity index (χ3n) is 2.90. The average Bonchev–Trinajstić information content (AvgIpc) is 2.29. The van der Waals surface area contributed by atoms with Gasteiger partial charge in [-0.05, 0) is 31.2 Å². The van der Waals surface area contributed by atoms with E-state index in [-0.39, 0.29) is 18.2 Å². The predicted molar refractivity (Wildman–Crippen MR) is 70.9 cm³/mol. The molecule has 0 aromatic heterocycles. The molecule has 0 saturated carbocycles. The fourth-order valence-electron chi connectivity index (χ4n) is 1.84. The van der Waals surface area contributed by atoms with Crippen LogP contribution in [-0.2, 0) is 11.3 Å². The molecule has 0 aliphatic heterocycles. The second-order valence-electron chi connectivity index (χ2n) is 4.30. The van der Waals surface area contributed by atoms with Gasteiger partial charge in [0.1, 0.15) is 5.75 Å².